The van der Waals surface area contributed by atoms with Crippen LogP contribution >= 0.6 is 0 Å². The lowest BCUT2D eigenvalue weighted by molar-refractivity contribution is 0.274. The van der Waals surface area contributed by atoms with Crippen LogP contribution in [-0.4, -0.2) is 10.2 Å². The van der Waals surface area contributed by atoms with E-state index in [1.54, 1.807) is 0 Å². The van der Waals surface area contributed by atoms with E-state index in [1.807, 2.05) is 12.1 Å². The van der Waals surface area contributed by atoms with Gasteiger partial charge in [0.1, 0.15) is 5.75 Å². The third kappa shape index (κ3) is 2.51. The quantitative estimate of drug-likeness (QED) is 0.784. The fourth-order valence-electron chi connectivity index (χ4n) is 1.66. The topological polar surface area (TPSA) is 40.5 Å². The Morgan fingerprint density at radius 1 is 1.20 bits per heavy atom. The summed E-state index contributed by atoms with van der Waals surface area (Å²) in [6, 6.07) is 3.89. The highest BCUT2D eigenvalue weighted by molar-refractivity contribution is 5.46. The van der Waals surface area contributed by atoms with Crippen molar-refractivity contribution in [2.24, 2.45) is 0 Å². The molecule has 0 saturated carbocycles. The minimum Gasteiger partial charge on any atom is -0.507 e. The maximum Gasteiger partial charge on any atom is 0.124 e. The van der Waals surface area contributed by atoms with Crippen molar-refractivity contribution in [3.63, 3.8) is 0 Å². The molecule has 0 spiro atoms. The fraction of sp³-hybridized carbons (Fsp3) is 0.538. The van der Waals surface area contributed by atoms with Crippen molar-refractivity contribution in [3.05, 3.63) is 28.8 Å². The van der Waals surface area contributed by atoms with Crippen LogP contribution in [0.5, 0.6) is 5.75 Å². The molecule has 2 nitrogen and oxygen atoms in total. The Balaban J connectivity index is 3.37. The van der Waals surface area contributed by atoms with Crippen molar-refractivity contribution >= 4 is 0 Å². The van der Waals surface area contributed by atoms with Gasteiger partial charge in [-0.2, -0.15) is 0 Å². The Hall–Kier alpha value is -1.02. The Kier molecular flexibility index (Phi) is 3.40. The molecule has 1 aromatic carbocycles. The van der Waals surface area contributed by atoms with Crippen LogP contribution in [0.25, 0.3) is 0 Å². The monoisotopic (exact) mass is 208 g/mol. The maximum absolute atomic E-state index is 9.98. The minimum absolute atomic E-state index is 0.0980. The zero-order valence-electron chi connectivity index (χ0n) is 9.96. The average Bonchev–Trinajstić information content (AvgIpc) is 2.16. The molecule has 2 heteroatoms. The predicted molar refractivity (Wildman–Crippen MR) is 62.1 cm³/mol. The summed E-state index contributed by atoms with van der Waals surface area (Å²) in [6.45, 7) is 8.14. The molecule has 0 aromatic heterocycles. The molecule has 0 radical (unpaired) electrons. The second-order valence-electron chi connectivity index (χ2n) is 4.91. The van der Waals surface area contributed by atoms with E-state index in [4.69, 9.17) is 5.11 Å². The van der Waals surface area contributed by atoms with Gasteiger partial charge in [0.25, 0.3) is 0 Å². The molecule has 0 amide bonds. The van der Waals surface area contributed by atoms with Gasteiger partial charge >= 0.3 is 0 Å². The van der Waals surface area contributed by atoms with E-state index < -0.39 is 0 Å². The second kappa shape index (κ2) is 4.23. The van der Waals surface area contributed by atoms with Crippen molar-refractivity contribution in [1.82, 2.24) is 0 Å². The largest absolute Gasteiger partial charge is 0.507 e. The van der Waals surface area contributed by atoms with Crippen LogP contribution in [0.1, 0.15) is 44.4 Å². The van der Waals surface area contributed by atoms with E-state index in [0.29, 0.717) is 5.56 Å². The third-order valence-corrected chi connectivity index (χ3v) is 2.64. The highest BCUT2D eigenvalue weighted by Gasteiger charge is 2.20. The number of phenols is 1. The number of aromatic hydroxyl groups is 1. The summed E-state index contributed by atoms with van der Waals surface area (Å²) >= 11 is 0. The molecule has 84 valence electrons. The summed E-state index contributed by atoms with van der Waals surface area (Å²) in [4.78, 5) is 0. The Bertz CT molecular complexity index is 348. The first kappa shape index (κ1) is 12.1. The molecular formula is C13H20O2. The van der Waals surface area contributed by atoms with Gasteiger partial charge in [0.2, 0.25) is 0 Å². The maximum atomic E-state index is 9.98. The molecule has 0 bridgehead atoms. The van der Waals surface area contributed by atoms with E-state index in [0.717, 1.165) is 17.5 Å². The SMILES string of the molecule is CCc1cc(CO)c(O)c(C(C)(C)C)c1. The van der Waals surface area contributed by atoms with Crippen LogP contribution in [0.3, 0.4) is 0 Å². The van der Waals surface area contributed by atoms with Crippen molar-refractivity contribution < 1.29 is 10.2 Å². The first-order valence-electron chi connectivity index (χ1n) is 5.36. The Morgan fingerprint density at radius 3 is 2.20 bits per heavy atom. The summed E-state index contributed by atoms with van der Waals surface area (Å²) in [5.74, 6) is 0.238. The van der Waals surface area contributed by atoms with Crippen LogP contribution in [0, 0.1) is 0 Å². The molecule has 0 unspecified atom stereocenters. The van der Waals surface area contributed by atoms with Crippen LogP contribution in [0.15, 0.2) is 12.1 Å². The number of aliphatic hydroxyl groups is 1. The number of benzene rings is 1. The molecule has 0 atom stereocenters. The molecule has 0 fully saturated rings. The molecule has 1 rings (SSSR count). The molecule has 15 heavy (non-hydrogen) atoms. The van der Waals surface area contributed by atoms with Gasteiger partial charge in [0, 0.05) is 5.56 Å². The van der Waals surface area contributed by atoms with Crippen molar-refractivity contribution in [2.45, 2.75) is 46.1 Å². The first-order valence-corrected chi connectivity index (χ1v) is 5.36. The van der Waals surface area contributed by atoms with Gasteiger partial charge in [-0.15, -0.1) is 0 Å². The van der Waals surface area contributed by atoms with Crippen molar-refractivity contribution in [2.75, 3.05) is 0 Å². The Morgan fingerprint density at radius 2 is 1.80 bits per heavy atom. The highest BCUT2D eigenvalue weighted by Crippen LogP contribution is 2.34. The number of rotatable bonds is 2. The summed E-state index contributed by atoms with van der Waals surface area (Å²) in [5, 5.41) is 19.2. The number of aryl methyl sites for hydroxylation is 1. The van der Waals surface area contributed by atoms with E-state index in [1.165, 1.54) is 0 Å². The van der Waals surface area contributed by atoms with Gasteiger partial charge in [0.05, 0.1) is 6.61 Å². The number of hydrogen-bond donors (Lipinski definition) is 2. The summed E-state index contributed by atoms with van der Waals surface area (Å²) in [7, 11) is 0. The lowest BCUT2D eigenvalue weighted by atomic mass is 9.84. The molecule has 0 aliphatic rings. The van der Waals surface area contributed by atoms with E-state index in [2.05, 4.69) is 27.7 Å². The van der Waals surface area contributed by atoms with E-state index >= 15 is 0 Å². The zero-order valence-corrected chi connectivity index (χ0v) is 9.96. The molecule has 0 saturated heterocycles. The third-order valence-electron chi connectivity index (χ3n) is 2.64. The lowest BCUT2D eigenvalue weighted by Gasteiger charge is -2.22. The van der Waals surface area contributed by atoms with Gasteiger partial charge in [-0.1, -0.05) is 33.8 Å². The van der Waals surface area contributed by atoms with Crippen LogP contribution < -0.4 is 0 Å². The second-order valence-corrected chi connectivity index (χ2v) is 4.91. The predicted octanol–water partition coefficient (Wildman–Crippen LogP) is 2.74. The van der Waals surface area contributed by atoms with Crippen molar-refractivity contribution in [1.29, 1.82) is 0 Å². The average molecular weight is 208 g/mol. The molecule has 2 N–H and O–H groups in total. The standard InChI is InChI=1S/C13H20O2/c1-5-9-6-10(8-14)12(15)11(7-9)13(2,3)4/h6-7,14-15H,5,8H2,1-4H3. The van der Waals surface area contributed by atoms with Gasteiger partial charge in [0.15, 0.2) is 0 Å². The minimum atomic E-state index is -0.108. The first-order chi connectivity index (χ1) is 6.90. The molecule has 0 heterocycles. The van der Waals surface area contributed by atoms with Gasteiger partial charge in [-0.3, -0.25) is 0 Å². The molecule has 0 aliphatic carbocycles. The van der Waals surface area contributed by atoms with Crippen LogP contribution in [0.2, 0.25) is 0 Å². The molecular weight excluding hydrogens is 188 g/mol. The summed E-state index contributed by atoms with van der Waals surface area (Å²) in [6.07, 6.45) is 0.913. The zero-order chi connectivity index (χ0) is 11.6. The number of hydrogen-bond acceptors (Lipinski definition) is 2. The summed E-state index contributed by atoms with van der Waals surface area (Å²) < 4.78 is 0. The summed E-state index contributed by atoms with van der Waals surface area (Å²) in [5.41, 5.74) is 2.59. The fourth-order valence-corrected chi connectivity index (χ4v) is 1.66. The number of aliphatic hydroxyl groups excluding tert-OH is 1. The molecule has 0 aliphatic heterocycles. The van der Waals surface area contributed by atoms with Gasteiger partial charge < -0.3 is 10.2 Å². The van der Waals surface area contributed by atoms with Crippen LogP contribution in [0.4, 0.5) is 0 Å². The van der Waals surface area contributed by atoms with E-state index in [9.17, 15) is 5.11 Å². The highest BCUT2D eigenvalue weighted by atomic mass is 16.3. The smallest absolute Gasteiger partial charge is 0.124 e. The van der Waals surface area contributed by atoms with Gasteiger partial charge in [-0.05, 0) is 29.0 Å². The van der Waals surface area contributed by atoms with Crippen LogP contribution in [-0.2, 0) is 18.4 Å². The normalized spacial score (nSPS) is 11.8. The van der Waals surface area contributed by atoms with E-state index in [-0.39, 0.29) is 17.8 Å². The Labute approximate surface area is 91.6 Å². The van der Waals surface area contributed by atoms with Gasteiger partial charge in [-0.25, -0.2) is 0 Å². The van der Waals surface area contributed by atoms with Crippen molar-refractivity contribution in [3.8, 4) is 5.75 Å². The lowest BCUT2D eigenvalue weighted by Crippen LogP contribution is -2.13. The molecule has 1 aromatic rings.